The van der Waals surface area contributed by atoms with Gasteiger partial charge in [0.25, 0.3) is 5.91 Å². The van der Waals surface area contributed by atoms with Gasteiger partial charge in [0.1, 0.15) is 5.75 Å². The molecule has 1 saturated heterocycles. The third-order valence-electron chi connectivity index (χ3n) is 8.12. The van der Waals surface area contributed by atoms with E-state index >= 15 is 0 Å². The number of carbonyl (C=O) groups is 3. The maximum absolute atomic E-state index is 13.9. The first-order chi connectivity index (χ1) is 18.6. The van der Waals surface area contributed by atoms with Crippen molar-refractivity contribution in [3.8, 4) is 5.75 Å². The molecule has 2 aromatic carbocycles. The summed E-state index contributed by atoms with van der Waals surface area (Å²) in [5.74, 6) is -0.891. The molecule has 2 amide bonds. The van der Waals surface area contributed by atoms with Crippen molar-refractivity contribution in [2.24, 2.45) is 5.41 Å². The monoisotopic (exact) mass is 550 g/mol. The number of fused-ring (bicyclic) bond motifs is 2. The van der Waals surface area contributed by atoms with Gasteiger partial charge in [-0.25, -0.2) is 4.98 Å². The van der Waals surface area contributed by atoms with Crippen molar-refractivity contribution < 1.29 is 24.2 Å². The van der Waals surface area contributed by atoms with Crippen LogP contribution in [0.1, 0.15) is 40.7 Å². The Bertz CT molecular complexity index is 1400. The third-order valence-corrected chi connectivity index (χ3v) is 9.22. The van der Waals surface area contributed by atoms with Gasteiger partial charge in [-0.05, 0) is 57.0 Å². The number of piperidine rings is 1. The number of aliphatic carboxylic acids is 1. The highest BCUT2D eigenvalue weighted by molar-refractivity contribution is 7.22. The summed E-state index contributed by atoms with van der Waals surface area (Å²) in [5, 5.41) is 10.1. The molecule has 3 aromatic rings. The lowest BCUT2D eigenvalue weighted by Gasteiger charge is -2.35. The van der Waals surface area contributed by atoms with Crippen molar-refractivity contribution in [1.82, 2.24) is 14.8 Å². The summed E-state index contributed by atoms with van der Waals surface area (Å²) in [5.41, 5.74) is 2.00. The number of carbonyl (C=O) groups excluding carboxylic acids is 2. The number of aromatic nitrogens is 1. The molecule has 0 bridgehead atoms. The zero-order chi connectivity index (χ0) is 27.9. The second kappa shape index (κ2) is 10.6. The van der Waals surface area contributed by atoms with Gasteiger partial charge in [0.15, 0.2) is 5.13 Å². The van der Waals surface area contributed by atoms with Gasteiger partial charge >= 0.3 is 5.97 Å². The standard InChI is InChI=1S/C29H34N4O5S/c1-31(2)20-9-11-33(12-10-20)26(36)21-13-22-24(14-23(21)38-4)39-28(30-22)32(3)27(37)29(17-25(34)35)15-18-7-5-6-8-19(18)16-29/h5-8,13-14,20H,9-12,15-17H2,1-4H3,(H,34,35). The van der Waals surface area contributed by atoms with Crippen LogP contribution >= 0.6 is 11.3 Å². The molecule has 0 atom stereocenters. The molecule has 0 radical (unpaired) electrons. The van der Waals surface area contributed by atoms with E-state index in [1.165, 1.54) is 16.2 Å². The van der Waals surface area contributed by atoms with E-state index in [1.807, 2.05) is 29.2 Å². The quantitative estimate of drug-likeness (QED) is 0.479. The van der Waals surface area contributed by atoms with E-state index < -0.39 is 11.4 Å². The van der Waals surface area contributed by atoms with Gasteiger partial charge in [0, 0.05) is 32.2 Å². The SMILES string of the molecule is COc1cc2sc(N(C)C(=O)C3(CC(=O)O)Cc4ccccc4C3)nc2cc1C(=O)N1CCC(N(C)C)CC1. The van der Waals surface area contributed by atoms with Gasteiger partial charge in [-0.3, -0.25) is 19.3 Å². The topological polar surface area (TPSA) is 103 Å². The number of ether oxygens (including phenoxy) is 1. The van der Waals surface area contributed by atoms with Crippen molar-refractivity contribution in [3.05, 3.63) is 53.1 Å². The van der Waals surface area contributed by atoms with E-state index in [1.54, 1.807) is 26.3 Å². The summed E-state index contributed by atoms with van der Waals surface area (Å²) in [6, 6.07) is 11.7. The maximum Gasteiger partial charge on any atom is 0.304 e. The number of hydrogen-bond donors (Lipinski definition) is 1. The van der Waals surface area contributed by atoms with Gasteiger partial charge in [-0.2, -0.15) is 0 Å². The first kappa shape index (κ1) is 27.1. The van der Waals surface area contributed by atoms with Crippen LogP contribution < -0.4 is 9.64 Å². The van der Waals surface area contributed by atoms with Crippen molar-refractivity contribution >= 4 is 44.5 Å². The molecule has 1 aliphatic heterocycles. The van der Waals surface area contributed by atoms with E-state index in [9.17, 15) is 19.5 Å². The minimum Gasteiger partial charge on any atom is -0.496 e. The molecular weight excluding hydrogens is 516 g/mol. The van der Waals surface area contributed by atoms with Crippen LogP contribution in [0.5, 0.6) is 5.75 Å². The molecule has 1 fully saturated rings. The third kappa shape index (κ3) is 5.10. The van der Waals surface area contributed by atoms with Crippen molar-refractivity contribution in [2.75, 3.05) is 46.2 Å². The average Bonchev–Trinajstić information content (AvgIpc) is 3.51. The first-order valence-electron chi connectivity index (χ1n) is 13.1. The van der Waals surface area contributed by atoms with Crippen LogP contribution in [-0.4, -0.2) is 85.1 Å². The molecule has 39 heavy (non-hydrogen) atoms. The number of amides is 2. The molecule has 1 aromatic heterocycles. The van der Waals surface area contributed by atoms with Crippen LogP contribution in [-0.2, 0) is 22.4 Å². The number of methoxy groups -OCH3 is 1. The van der Waals surface area contributed by atoms with Gasteiger partial charge < -0.3 is 19.6 Å². The number of carboxylic acids is 1. The summed E-state index contributed by atoms with van der Waals surface area (Å²) in [4.78, 5) is 49.4. The number of rotatable bonds is 7. The van der Waals surface area contributed by atoms with Gasteiger partial charge in [-0.15, -0.1) is 0 Å². The highest BCUT2D eigenvalue weighted by atomic mass is 32.1. The minimum absolute atomic E-state index is 0.0888. The van der Waals surface area contributed by atoms with Crippen molar-refractivity contribution in [2.45, 2.75) is 38.1 Å². The summed E-state index contributed by atoms with van der Waals surface area (Å²) in [6.45, 7) is 1.35. The van der Waals surface area contributed by atoms with Crippen LogP contribution in [0, 0.1) is 5.41 Å². The molecule has 2 heterocycles. The maximum atomic E-state index is 13.9. The number of anilines is 1. The Balaban J connectivity index is 1.42. The average molecular weight is 551 g/mol. The Labute approximate surface area is 232 Å². The lowest BCUT2D eigenvalue weighted by molar-refractivity contribution is -0.144. The lowest BCUT2D eigenvalue weighted by atomic mass is 9.80. The van der Waals surface area contributed by atoms with Crippen LogP contribution in [0.3, 0.4) is 0 Å². The van der Waals surface area contributed by atoms with Crippen molar-refractivity contribution in [3.63, 3.8) is 0 Å². The number of hydrogen-bond acceptors (Lipinski definition) is 7. The second-order valence-corrected chi connectivity index (χ2v) is 11.9. The van der Waals surface area contributed by atoms with Gasteiger partial charge in [0.05, 0.1) is 34.7 Å². The van der Waals surface area contributed by atoms with Crippen LogP contribution in [0.25, 0.3) is 10.2 Å². The Morgan fingerprint density at radius 3 is 2.31 bits per heavy atom. The summed E-state index contributed by atoms with van der Waals surface area (Å²) >= 11 is 1.32. The molecule has 1 aliphatic carbocycles. The van der Waals surface area contributed by atoms with Gasteiger partial charge in [-0.1, -0.05) is 35.6 Å². The second-order valence-electron chi connectivity index (χ2n) is 10.8. The molecule has 0 unspecified atom stereocenters. The predicted molar refractivity (Wildman–Crippen MR) is 151 cm³/mol. The summed E-state index contributed by atoms with van der Waals surface area (Å²) in [6.07, 6.45) is 2.33. The smallest absolute Gasteiger partial charge is 0.304 e. The fraction of sp³-hybridized carbons (Fsp3) is 0.448. The Hall–Kier alpha value is -3.50. The lowest BCUT2D eigenvalue weighted by Crippen LogP contribution is -2.44. The molecule has 0 spiro atoms. The van der Waals surface area contributed by atoms with Crippen LogP contribution in [0.4, 0.5) is 5.13 Å². The van der Waals surface area contributed by atoms with E-state index in [0.29, 0.717) is 53.9 Å². The molecule has 5 rings (SSSR count). The number of carboxylic acid groups (broad SMARTS) is 1. The number of thiazole rings is 1. The van der Waals surface area contributed by atoms with Crippen LogP contribution in [0.15, 0.2) is 36.4 Å². The van der Waals surface area contributed by atoms with Gasteiger partial charge in [0.2, 0.25) is 5.91 Å². The molecular formula is C29H34N4O5S. The highest BCUT2D eigenvalue weighted by Gasteiger charge is 2.47. The molecule has 9 nitrogen and oxygen atoms in total. The molecule has 0 saturated carbocycles. The highest BCUT2D eigenvalue weighted by Crippen LogP contribution is 2.43. The normalized spacial score (nSPS) is 16.9. The van der Waals surface area contributed by atoms with E-state index in [4.69, 9.17) is 9.72 Å². The van der Waals surface area contributed by atoms with E-state index in [2.05, 4.69) is 19.0 Å². The Kier molecular flexibility index (Phi) is 7.35. The zero-order valence-electron chi connectivity index (χ0n) is 22.8. The molecule has 10 heteroatoms. The largest absolute Gasteiger partial charge is 0.496 e. The molecule has 1 N–H and O–H groups in total. The Morgan fingerprint density at radius 2 is 1.74 bits per heavy atom. The van der Waals surface area contributed by atoms with Crippen LogP contribution in [0.2, 0.25) is 0 Å². The number of likely N-dealkylation sites (tertiary alicyclic amines) is 1. The van der Waals surface area contributed by atoms with Crippen molar-refractivity contribution in [1.29, 1.82) is 0 Å². The first-order valence-corrected chi connectivity index (χ1v) is 13.9. The number of nitrogens with zero attached hydrogens (tertiary/aromatic N) is 4. The summed E-state index contributed by atoms with van der Waals surface area (Å²) < 4.78 is 6.38. The molecule has 2 aliphatic rings. The minimum atomic E-state index is -1.07. The summed E-state index contributed by atoms with van der Waals surface area (Å²) in [7, 11) is 7.32. The fourth-order valence-corrected chi connectivity index (χ4v) is 6.89. The zero-order valence-corrected chi connectivity index (χ0v) is 23.6. The predicted octanol–water partition coefficient (Wildman–Crippen LogP) is 3.69. The number of benzene rings is 2. The van der Waals surface area contributed by atoms with E-state index in [-0.39, 0.29) is 18.2 Å². The van der Waals surface area contributed by atoms with E-state index in [0.717, 1.165) is 28.7 Å². The Morgan fingerprint density at radius 1 is 1.10 bits per heavy atom. The fourth-order valence-electron chi connectivity index (χ4n) is 5.96. The molecule has 206 valence electrons.